The molecule has 0 fully saturated rings. The molecule has 1 unspecified atom stereocenters. The van der Waals surface area contributed by atoms with Crippen molar-refractivity contribution < 1.29 is 0 Å². The molecule has 0 aliphatic carbocycles. The highest BCUT2D eigenvalue weighted by Crippen LogP contribution is 2.28. The number of benzene rings is 1. The third-order valence-electron chi connectivity index (χ3n) is 3.23. The highest BCUT2D eigenvalue weighted by molar-refractivity contribution is 7.10. The summed E-state index contributed by atoms with van der Waals surface area (Å²) in [7, 11) is 0. The lowest BCUT2D eigenvalue weighted by molar-refractivity contribution is 0.530. The lowest BCUT2D eigenvalue weighted by Gasteiger charge is -2.18. The smallest absolute Gasteiger partial charge is 0.0453 e. The Labute approximate surface area is 134 Å². The van der Waals surface area contributed by atoms with Crippen molar-refractivity contribution in [2.75, 3.05) is 6.54 Å². The number of hydrogen-bond acceptors (Lipinski definition) is 2. The van der Waals surface area contributed by atoms with Gasteiger partial charge in [-0.1, -0.05) is 36.2 Å². The summed E-state index contributed by atoms with van der Waals surface area (Å²) < 4.78 is 0. The van der Waals surface area contributed by atoms with Crippen molar-refractivity contribution in [3.63, 3.8) is 0 Å². The molecule has 108 valence electrons. The van der Waals surface area contributed by atoms with Gasteiger partial charge in [-0.25, -0.2) is 0 Å². The Balaban J connectivity index is 2.18. The largest absolute Gasteiger partial charge is 0.310 e. The maximum absolute atomic E-state index is 6.29. The molecule has 0 radical (unpaired) electrons. The number of nitrogens with one attached hydrogen (secondary N) is 1. The summed E-state index contributed by atoms with van der Waals surface area (Å²) in [4.78, 5) is 1.34. The molecular formula is C16H19Cl2NS. The van der Waals surface area contributed by atoms with Crippen molar-refractivity contribution in [2.24, 2.45) is 0 Å². The zero-order chi connectivity index (χ0) is 14.5. The predicted molar refractivity (Wildman–Crippen MR) is 90.3 cm³/mol. The second kappa shape index (κ2) is 7.46. The summed E-state index contributed by atoms with van der Waals surface area (Å²) in [6.07, 6.45) is 2.00. The van der Waals surface area contributed by atoms with E-state index in [4.69, 9.17) is 23.2 Å². The number of rotatable bonds is 6. The maximum atomic E-state index is 6.29. The van der Waals surface area contributed by atoms with Gasteiger partial charge in [0.2, 0.25) is 0 Å². The summed E-state index contributed by atoms with van der Waals surface area (Å²) in [5.41, 5.74) is 2.47. The van der Waals surface area contributed by atoms with Crippen LogP contribution in [0.2, 0.25) is 10.0 Å². The van der Waals surface area contributed by atoms with Crippen LogP contribution in [0.3, 0.4) is 0 Å². The van der Waals surface area contributed by atoms with E-state index in [0.29, 0.717) is 11.1 Å². The molecule has 20 heavy (non-hydrogen) atoms. The molecule has 2 aromatic rings. The average molecular weight is 328 g/mol. The Bertz CT molecular complexity index is 565. The monoisotopic (exact) mass is 327 g/mol. The van der Waals surface area contributed by atoms with E-state index in [-0.39, 0.29) is 0 Å². The van der Waals surface area contributed by atoms with Gasteiger partial charge in [0.05, 0.1) is 0 Å². The van der Waals surface area contributed by atoms with Crippen LogP contribution < -0.4 is 5.32 Å². The number of hydrogen-bond donors (Lipinski definition) is 1. The number of thiophene rings is 1. The standard InChI is InChI=1S/C16H19Cl2NS/c1-3-6-19-16(13-7-11(2)20-10-13)8-12-4-5-14(17)9-15(12)18/h4-5,7,9-10,16,19H,3,6,8H2,1-2H3. The lowest BCUT2D eigenvalue weighted by atomic mass is 10.0. The van der Waals surface area contributed by atoms with E-state index in [1.54, 1.807) is 11.3 Å². The van der Waals surface area contributed by atoms with Gasteiger partial charge in [-0.2, -0.15) is 0 Å². The summed E-state index contributed by atoms with van der Waals surface area (Å²) in [5.74, 6) is 0. The Morgan fingerprint density at radius 2 is 2.05 bits per heavy atom. The molecule has 0 spiro atoms. The van der Waals surface area contributed by atoms with E-state index < -0.39 is 0 Å². The molecule has 1 N–H and O–H groups in total. The van der Waals surface area contributed by atoms with Crippen molar-refractivity contribution >= 4 is 34.5 Å². The molecule has 1 heterocycles. The van der Waals surface area contributed by atoms with Crippen LogP contribution in [0.1, 0.15) is 35.4 Å². The summed E-state index contributed by atoms with van der Waals surface area (Å²) in [6, 6.07) is 8.29. The summed E-state index contributed by atoms with van der Waals surface area (Å²) in [6.45, 7) is 5.32. The van der Waals surface area contributed by atoms with Crippen molar-refractivity contribution in [1.29, 1.82) is 0 Å². The molecule has 0 bridgehead atoms. The topological polar surface area (TPSA) is 12.0 Å². The maximum Gasteiger partial charge on any atom is 0.0453 e. The first-order chi connectivity index (χ1) is 9.60. The van der Waals surface area contributed by atoms with Gasteiger partial charge in [-0.3, -0.25) is 0 Å². The molecule has 4 heteroatoms. The van der Waals surface area contributed by atoms with Gasteiger partial charge in [-0.15, -0.1) is 11.3 Å². The van der Waals surface area contributed by atoms with Gasteiger partial charge in [0.25, 0.3) is 0 Å². The SMILES string of the molecule is CCCNC(Cc1ccc(Cl)cc1Cl)c1csc(C)c1. The van der Waals surface area contributed by atoms with E-state index in [1.165, 1.54) is 10.4 Å². The second-order valence-corrected chi connectivity index (χ2v) is 6.90. The van der Waals surface area contributed by atoms with Crippen LogP contribution in [0.25, 0.3) is 0 Å². The molecule has 0 aliphatic rings. The van der Waals surface area contributed by atoms with Gasteiger partial charge in [0.15, 0.2) is 0 Å². The van der Waals surface area contributed by atoms with Crippen molar-refractivity contribution in [1.82, 2.24) is 5.32 Å². The van der Waals surface area contributed by atoms with E-state index in [0.717, 1.165) is 30.0 Å². The van der Waals surface area contributed by atoms with Crippen LogP contribution >= 0.6 is 34.5 Å². The lowest BCUT2D eigenvalue weighted by Crippen LogP contribution is -2.23. The average Bonchev–Trinajstić information content (AvgIpc) is 2.83. The van der Waals surface area contributed by atoms with Crippen molar-refractivity contribution in [3.8, 4) is 0 Å². The Kier molecular flexibility index (Phi) is 5.91. The molecule has 1 aromatic carbocycles. The van der Waals surface area contributed by atoms with Gasteiger partial charge in [-0.05, 0) is 61.0 Å². The predicted octanol–water partition coefficient (Wildman–Crippen LogP) is 5.65. The van der Waals surface area contributed by atoms with Crippen molar-refractivity contribution in [3.05, 3.63) is 55.7 Å². The molecule has 1 nitrogen and oxygen atoms in total. The number of halogens is 2. The van der Waals surface area contributed by atoms with Gasteiger partial charge in [0, 0.05) is 21.0 Å². The molecule has 0 aliphatic heterocycles. The molecule has 0 saturated heterocycles. The van der Waals surface area contributed by atoms with Crippen molar-refractivity contribution in [2.45, 2.75) is 32.7 Å². The quantitative estimate of drug-likeness (QED) is 0.723. The minimum atomic E-state index is 0.304. The van der Waals surface area contributed by atoms with Gasteiger partial charge >= 0.3 is 0 Å². The molecule has 2 rings (SSSR count). The third kappa shape index (κ3) is 4.23. The van der Waals surface area contributed by atoms with Crippen LogP contribution in [0.15, 0.2) is 29.6 Å². The molecule has 0 amide bonds. The Hall–Kier alpha value is -0.540. The summed E-state index contributed by atoms with van der Waals surface area (Å²) in [5, 5.41) is 7.26. The van der Waals surface area contributed by atoms with Crippen LogP contribution in [0.5, 0.6) is 0 Å². The molecule has 1 aromatic heterocycles. The minimum absolute atomic E-state index is 0.304. The third-order valence-corrected chi connectivity index (χ3v) is 4.70. The zero-order valence-electron chi connectivity index (χ0n) is 11.7. The second-order valence-electron chi connectivity index (χ2n) is 4.94. The Morgan fingerprint density at radius 3 is 2.65 bits per heavy atom. The van der Waals surface area contributed by atoms with Crippen LogP contribution in [-0.2, 0) is 6.42 Å². The Morgan fingerprint density at radius 1 is 1.25 bits per heavy atom. The number of aryl methyl sites for hydroxylation is 1. The van der Waals surface area contributed by atoms with E-state index in [2.05, 4.69) is 30.6 Å². The first kappa shape index (κ1) is 15.8. The molecular weight excluding hydrogens is 309 g/mol. The van der Waals surface area contributed by atoms with Gasteiger partial charge in [0.1, 0.15) is 0 Å². The first-order valence-corrected chi connectivity index (χ1v) is 8.46. The van der Waals surface area contributed by atoms with Crippen LogP contribution in [-0.4, -0.2) is 6.54 Å². The minimum Gasteiger partial charge on any atom is -0.310 e. The molecule has 1 atom stereocenters. The zero-order valence-corrected chi connectivity index (χ0v) is 14.1. The molecule has 0 saturated carbocycles. The fourth-order valence-electron chi connectivity index (χ4n) is 2.18. The normalized spacial score (nSPS) is 12.6. The fourth-order valence-corrected chi connectivity index (χ4v) is 3.42. The van der Waals surface area contributed by atoms with Crippen LogP contribution in [0.4, 0.5) is 0 Å². The van der Waals surface area contributed by atoms with E-state index >= 15 is 0 Å². The van der Waals surface area contributed by atoms with Crippen LogP contribution in [0, 0.1) is 6.92 Å². The first-order valence-electron chi connectivity index (χ1n) is 6.82. The van der Waals surface area contributed by atoms with Gasteiger partial charge < -0.3 is 5.32 Å². The summed E-state index contributed by atoms with van der Waals surface area (Å²) >= 11 is 14.0. The highest BCUT2D eigenvalue weighted by Gasteiger charge is 2.14. The van der Waals surface area contributed by atoms with E-state index in [9.17, 15) is 0 Å². The highest BCUT2D eigenvalue weighted by atomic mass is 35.5. The fraction of sp³-hybridized carbons (Fsp3) is 0.375. The van der Waals surface area contributed by atoms with E-state index in [1.807, 2.05) is 18.2 Å².